The van der Waals surface area contributed by atoms with E-state index < -0.39 is 0 Å². The molecule has 4 heteroatoms. The first-order chi connectivity index (χ1) is 8.20. The zero-order valence-electron chi connectivity index (χ0n) is 9.41. The van der Waals surface area contributed by atoms with E-state index in [-0.39, 0.29) is 0 Å². The summed E-state index contributed by atoms with van der Waals surface area (Å²) >= 11 is 10.2. The van der Waals surface area contributed by atoms with Crippen LogP contribution in [0.25, 0.3) is 0 Å². The van der Waals surface area contributed by atoms with Gasteiger partial charge in [-0.15, -0.1) is 11.3 Å². The fourth-order valence-corrected chi connectivity index (χ4v) is 3.02. The van der Waals surface area contributed by atoms with Crippen LogP contribution in [0.4, 0.5) is 0 Å². The molecule has 90 valence electrons. The Labute approximate surface area is 124 Å². The van der Waals surface area contributed by atoms with Crippen LogP contribution in [0.15, 0.2) is 35.7 Å². The molecule has 1 aromatic heterocycles. The third kappa shape index (κ3) is 3.44. The predicted octanol–water partition coefficient (Wildman–Crippen LogP) is 4.51. The van der Waals surface area contributed by atoms with Crippen LogP contribution in [0.5, 0.6) is 0 Å². The fraction of sp³-hybridized carbons (Fsp3) is 0.231. The molecular weight excluding hydrogens is 365 g/mol. The van der Waals surface area contributed by atoms with Gasteiger partial charge in [0.25, 0.3) is 0 Å². The molecule has 0 aliphatic rings. The van der Waals surface area contributed by atoms with Gasteiger partial charge in [0, 0.05) is 20.9 Å². The van der Waals surface area contributed by atoms with E-state index in [2.05, 4.69) is 63.6 Å². The van der Waals surface area contributed by atoms with Crippen molar-refractivity contribution in [2.45, 2.75) is 12.5 Å². The van der Waals surface area contributed by atoms with E-state index in [9.17, 15) is 0 Å². The van der Waals surface area contributed by atoms with Gasteiger partial charge in [-0.2, -0.15) is 0 Å². The predicted molar refractivity (Wildman–Crippen MR) is 84.0 cm³/mol. The number of thiophene rings is 1. The number of benzene rings is 1. The Morgan fingerprint density at radius 2 is 2.24 bits per heavy atom. The van der Waals surface area contributed by atoms with Crippen LogP contribution in [0.3, 0.4) is 0 Å². The first-order valence-corrected chi connectivity index (χ1v) is 7.69. The molecule has 0 saturated carbocycles. The van der Waals surface area contributed by atoms with Crippen molar-refractivity contribution in [3.05, 3.63) is 54.7 Å². The molecule has 1 N–H and O–H groups in total. The summed E-state index contributed by atoms with van der Waals surface area (Å²) in [5, 5.41) is 6.29. The monoisotopic (exact) mass is 377 g/mol. The second kappa shape index (κ2) is 6.18. The summed E-state index contributed by atoms with van der Waals surface area (Å²) in [4.78, 5) is 1.39. The standard InChI is InChI=1S/C13H13ClINS/c1-16-13(8-10-3-2-6-17-10)9-4-5-12(15)11(14)7-9/h2-7,13,16H,8H2,1H3. The molecule has 1 unspecified atom stereocenters. The van der Waals surface area contributed by atoms with Crippen LogP contribution in [0.2, 0.25) is 5.02 Å². The van der Waals surface area contributed by atoms with Crippen LogP contribution < -0.4 is 5.32 Å². The summed E-state index contributed by atoms with van der Waals surface area (Å²) in [5.74, 6) is 0. The maximum Gasteiger partial charge on any atom is 0.0542 e. The van der Waals surface area contributed by atoms with Crippen molar-refractivity contribution in [3.63, 3.8) is 0 Å². The molecule has 0 spiro atoms. The van der Waals surface area contributed by atoms with Gasteiger partial charge >= 0.3 is 0 Å². The second-order valence-electron chi connectivity index (χ2n) is 3.80. The molecule has 0 aliphatic carbocycles. The number of likely N-dealkylation sites (N-methyl/N-ethyl adjacent to an activating group) is 1. The lowest BCUT2D eigenvalue weighted by molar-refractivity contribution is 0.596. The maximum atomic E-state index is 6.16. The molecule has 0 radical (unpaired) electrons. The van der Waals surface area contributed by atoms with Crippen molar-refractivity contribution in [2.75, 3.05) is 7.05 Å². The minimum Gasteiger partial charge on any atom is -0.313 e. The Hall–Kier alpha value is -0.100. The Morgan fingerprint density at radius 1 is 1.41 bits per heavy atom. The van der Waals surface area contributed by atoms with Crippen LogP contribution in [0.1, 0.15) is 16.5 Å². The largest absolute Gasteiger partial charge is 0.313 e. The molecule has 0 amide bonds. The van der Waals surface area contributed by atoms with Crippen LogP contribution in [-0.2, 0) is 6.42 Å². The smallest absolute Gasteiger partial charge is 0.0542 e. The van der Waals surface area contributed by atoms with Crippen molar-refractivity contribution in [3.8, 4) is 0 Å². The lowest BCUT2D eigenvalue weighted by atomic mass is 10.0. The number of rotatable bonds is 4. The van der Waals surface area contributed by atoms with Crippen LogP contribution in [-0.4, -0.2) is 7.05 Å². The molecule has 2 aromatic rings. The Morgan fingerprint density at radius 3 is 2.82 bits per heavy atom. The first kappa shape index (κ1) is 13.3. The molecule has 1 atom stereocenters. The van der Waals surface area contributed by atoms with E-state index in [0.717, 1.165) is 15.0 Å². The number of hydrogen-bond acceptors (Lipinski definition) is 2. The van der Waals surface area contributed by atoms with Gasteiger partial charge in [-0.1, -0.05) is 23.7 Å². The third-order valence-corrected chi connectivity index (χ3v) is 5.15. The van der Waals surface area contributed by atoms with Crippen molar-refractivity contribution >= 4 is 45.5 Å². The highest BCUT2D eigenvalue weighted by Crippen LogP contribution is 2.26. The summed E-state index contributed by atoms with van der Waals surface area (Å²) < 4.78 is 1.10. The van der Waals surface area contributed by atoms with Gasteiger partial charge < -0.3 is 5.32 Å². The summed E-state index contributed by atoms with van der Waals surface area (Å²) in [7, 11) is 1.99. The molecule has 0 saturated heterocycles. The molecule has 0 bridgehead atoms. The third-order valence-electron chi connectivity index (χ3n) is 2.68. The van der Waals surface area contributed by atoms with Gasteiger partial charge in [0.1, 0.15) is 0 Å². The van der Waals surface area contributed by atoms with Crippen molar-refractivity contribution in [2.24, 2.45) is 0 Å². The van der Waals surface area contributed by atoms with E-state index in [4.69, 9.17) is 11.6 Å². The van der Waals surface area contributed by atoms with E-state index in [0.29, 0.717) is 6.04 Å². The molecular formula is C13H13ClINS. The highest BCUT2D eigenvalue weighted by molar-refractivity contribution is 14.1. The second-order valence-corrected chi connectivity index (χ2v) is 6.40. The minimum absolute atomic E-state index is 0.322. The van der Waals surface area contributed by atoms with E-state index in [1.807, 2.05) is 7.05 Å². The summed E-state index contributed by atoms with van der Waals surface area (Å²) in [6, 6.07) is 10.8. The highest BCUT2D eigenvalue weighted by atomic mass is 127. The molecule has 2 rings (SSSR count). The summed E-state index contributed by atoms with van der Waals surface area (Å²) in [6.07, 6.45) is 1.01. The van der Waals surface area contributed by atoms with Crippen molar-refractivity contribution in [1.82, 2.24) is 5.32 Å². The summed E-state index contributed by atoms with van der Waals surface area (Å²) in [6.45, 7) is 0. The average molecular weight is 378 g/mol. The van der Waals surface area contributed by atoms with Gasteiger partial charge in [0.15, 0.2) is 0 Å². The summed E-state index contributed by atoms with van der Waals surface area (Å²) in [5.41, 5.74) is 1.24. The number of nitrogens with one attached hydrogen (secondary N) is 1. The van der Waals surface area contributed by atoms with Gasteiger partial charge in [0.05, 0.1) is 5.02 Å². The van der Waals surface area contributed by atoms with E-state index in [1.165, 1.54) is 10.4 Å². The molecule has 0 aliphatic heterocycles. The van der Waals surface area contributed by atoms with Gasteiger partial charge in [-0.05, 0) is 58.8 Å². The Kier molecular flexibility index (Phi) is 4.85. The van der Waals surface area contributed by atoms with Gasteiger partial charge in [0.2, 0.25) is 0 Å². The van der Waals surface area contributed by atoms with Gasteiger partial charge in [-0.25, -0.2) is 0 Å². The Bertz CT molecular complexity index is 484. The van der Waals surface area contributed by atoms with Crippen LogP contribution in [0, 0.1) is 3.57 Å². The average Bonchev–Trinajstić information content (AvgIpc) is 2.82. The lowest BCUT2D eigenvalue weighted by Gasteiger charge is -2.16. The van der Waals surface area contributed by atoms with Crippen molar-refractivity contribution in [1.29, 1.82) is 0 Å². The zero-order chi connectivity index (χ0) is 12.3. The topological polar surface area (TPSA) is 12.0 Å². The number of hydrogen-bond donors (Lipinski definition) is 1. The molecule has 1 nitrogen and oxygen atoms in total. The fourth-order valence-electron chi connectivity index (χ4n) is 1.75. The van der Waals surface area contributed by atoms with E-state index in [1.54, 1.807) is 11.3 Å². The first-order valence-electron chi connectivity index (χ1n) is 5.35. The minimum atomic E-state index is 0.322. The number of halogens is 2. The van der Waals surface area contributed by atoms with Gasteiger partial charge in [-0.3, -0.25) is 0 Å². The van der Waals surface area contributed by atoms with Crippen molar-refractivity contribution < 1.29 is 0 Å². The SMILES string of the molecule is CNC(Cc1cccs1)c1ccc(I)c(Cl)c1. The zero-order valence-corrected chi connectivity index (χ0v) is 13.1. The highest BCUT2D eigenvalue weighted by Gasteiger charge is 2.12. The molecule has 1 aromatic carbocycles. The maximum absolute atomic E-state index is 6.16. The normalized spacial score (nSPS) is 12.6. The molecule has 0 fully saturated rings. The molecule has 17 heavy (non-hydrogen) atoms. The van der Waals surface area contributed by atoms with E-state index >= 15 is 0 Å². The lowest BCUT2D eigenvalue weighted by Crippen LogP contribution is -2.18. The quantitative estimate of drug-likeness (QED) is 0.773. The Balaban J connectivity index is 2.20. The molecule has 1 heterocycles. The van der Waals surface area contributed by atoms with Crippen LogP contribution >= 0.6 is 45.5 Å².